The molecule has 0 spiro atoms. The highest BCUT2D eigenvalue weighted by molar-refractivity contribution is 7.09. The van der Waals surface area contributed by atoms with Crippen molar-refractivity contribution in [2.24, 2.45) is 0 Å². The highest BCUT2D eigenvalue weighted by Gasteiger charge is 2.07. The van der Waals surface area contributed by atoms with E-state index in [9.17, 15) is 0 Å². The number of nitrogens with two attached hydrogens (primary N) is 1. The van der Waals surface area contributed by atoms with Crippen molar-refractivity contribution in [2.45, 2.75) is 26.4 Å². The summed E-state index contributed by atoms with van der Waals surface area (Å²) in [5.41, 5.74) is 10.7. The first-order chi connectivity index (χ1) is 8.66. The number of aryl methyl sites for hydroxylation is 1. The minimum absolute atomic E-state index is 0.0710. The fourth-order valence-corrected chi connectivity index (χ4v) is 2.57. The number of anilines is 1. The zero-order valence-corrected chi connectivity index (χ0v) is 11.5. The third-order valence-electron chi connectivity index (χ3n) is 2.92. The summed E-state index contributed by atoms with van der Waals surface area (Å²) in [7, 11) is 0. The van der Waals surface area contributed by atoms with Gasteiger partial charge in [0, 0.05) is 17.0 Å². The van der Waals surface area contributed by atoms with E-state index in [1.54, 1.807) is 11.3 Å². The standard InChI is InChI=1S/C14H18N2OS/c1-10-14(18-9-16-10)6-7-17-11(2)12-4-3-5-13(15)8-12/h3-5,8-9,11H,6-7,15H2,1-2H3. The van der Waals surface area contributed by atoms with Crippen LogP contribution >= 0.6 is 11.3 Å². The molecule has 0 aliphatic carbocycles. The molecule has 4 heteroatoms. The second-order valence-corrected chi connectivity index (χ2v) is 5.23. The Morgan fingerprint density at radius 2 is 2.28 bits per heavy atom. The summed E-state index contributed by atoms with van der Waals surface area (Å²) in [6.07, 6.45) is 0.991. The first kappa shape index (κ1) is 13.1. The van der Waals surface area contributed by atoms with Crippen LogP contribution in [0.2, 0.25) is 0 Å². The molecule has 0 aliphatic heterocycles. The maximum atomic E-state index is 5.83. The van der Waals surface area contributed by atoms with Crippen LogP contribution in [0.4, 0.5) is 5.69 Å². The lowest BCUT2D eigenvalue weighted by molar-refractivity contribution is 0.0684. The smallest absolute Gasteiger partial charge is 0.0797 e. The van der Waals surface area contributed by atoms with Gasteiger partial charge in [0.2, 0.25) is 0 Å². The van der Waals surface area contributed by atoms with Crippen molar-refractivity contribution < 1.29 is 4.74 Å². The summed E-state index contributed by atoms with van der Waals surface area (Å²) in [5.74, 6) is 0. The SMILES string of the molecule is Cc1ncsc1CCOC(C)c1cccc(N)c1. The van der Waals surface area contributed by atoms with Crippen LogP contribution in [0.3, 0.4) is 0 Å². The molecule has 3 nitrogen and oxygen atoms in total. The van der Waals surface area contributed by atoms with E-state index < -0.39 is 0 Å². The number of aromatic nitrogens is 1. The van der Waals surface area contributed by atoms with Crippen molar-refractivity contribution in [1.82, 2.24) is 4.98 Å². The highest BCUT2D eigenvalue weighted by atomic mass is 32.1. The molecule has 0 aliphatic rings. The van der Waals surface area contributed by atoms with E-state index in [1.807, 2.05) is 43.6 Å². The molecule has 1 atom stereocenters. The Bertz CT molecular complexity index is 510. The Labute approximate surface area is 112 Å². The number of thiazole rings is 1. The average Bonchev–Trinajstić information content (AvgIpc) is 2.75. The molecule has 0 saturated heterocycles. The Morgan fingerprint density at radius 3 is 2.94 bits per heavy atom. The van der Waals surface area contributed by atoms with Gasteiger partial charge in [0.1, 0.15) is 0 Å². The van der Waals surface area contributed by atoms with Gasteiger partial charge >= 0.3 is 0 Å². The summed E-state index contributed by atoms with van der Waals surface area (Å²) in [6.45, 7) is 4.79. The molecule has 0 fully saturated rings. The Kier molecular flexibility index (Phi) is 4.33. The lowest BCUT2D eigenvalue weighted by atomic mass is 10.1. The van der Waals surface area contributed by atoms with Gasteiger partial charge in [0.25, 0.3) is 0 Å². The molecule has 0 bridgehead atoms. The summed E-state index contributed by atoms with van der Waals surface area (Å²) >= 11 is 1.69. The third-order valence-corrected chi connectivity index (χ3v) is 3.92. The van der Waals surface area contributed by atoms with Gasteiger partial charge in [-0.2, -0.15) is 0 Å². The molecular weight excluding hydrogens is 244 g/mol. The van der Waals surface area contributed by atoms with E-state index in [0.29, 0.717) is 6.61 Å². The molecule has 2 aromatic rings. The second-order valence-electron chi connectivity index (χ2n) is 4.29. The Hall–Kier alpha value is -1.39. The van der Waals surface area contributed by atoms with E-state index in [0.717, 1.165) is 23.4 Å². The zero-order valence-electron chi connectivity index (χ0n) is 10.7. The number of rotatable bonds is 5. The lowest BCUT2D eigenvalue weighted by Crippen LogP contribution is -2.04. The molecule has 1 aromatic carbocycles. The number of nitrogens with zero attached hydrogens (tertiary/aromatic N) is 1. The van der Waals surface area contributed by atoms with Crippen molar-refractivity contribution >= 4 is 17.0 Å². The topological polar surface area (TPSA) is 48.1 Å². The molecule has 2 N–H and O–H groups in total. The summed E-state index contributed by atoms with van der Waals surface area (Å²) in [6, 6.07) is 7.84. The minimum atomic E-state index is 0.0710. The lowest BCUT2D eigenvalue weighted by Gasteiger charge is -2.13. The molecule has 0 saturated carbocycles. The van der Waals surface area contributed by atoms with Crippen molar-refractivity contribution in [1.29, 1.82) is 0 Å². The Balaban J connectivity index is 1.85. The first-order valence-electron chi connectivity index (χ1n) is 6.03. The van der Waals surface area contributed by atoms with E-state index in [2.05, 4.69) is 4.98 Å². The van der Waals surface area contributed by atoms with Crippen LogP contribution in [0.1, 0.15) is 29.2 Å². The minimum Gasteiger partial charge on any atom is -0.399 e. The number of hydrogen-bond donors (Lipinski definition) is 1. The summed E-state index contributed by atoms with van der Waals surface area (Å²) in [5, 5.41) is 0. The maximum absolute atomic E-state index is 5.83. The molecule has 18 heavy (non-hydrogen) atoms. The average molecular weight is 262 g/mol. The van der Waals surface area contributed by atoms with Crippen LogP contribution in [-0.4, -0.2) is 11.6 Å². The third kappa shape index (κ3) is 3.31. The predicted octanol–water partition coefficient (Wildman–Crippen LogP) is 3.35. The van der Waals surface area contributed by atoms with Crippen molar-refractivity contribution in [3.05, 3.63) is 45.9 Å². The molecule has 1 aromatic heterocycles. The van der Waals surface area contributed by atoms with Crippen LogP contribution in [-0.2, 0) is 11.2 Å². The van der Waals surface area contributed by atoms with Crippen LogP contribution in [0.25, 0.3) is 0 Å². The molecule has 2 rings (SSSR count). The second kappa shape index (κ2) is 5.98. The van der Waals surface area contributed by atoms with Crippen LogP contribution in [0.5, 0.6) is 0 Å². The van der Waals surface area contributed by atoms with Crippen molar-refractivity contribution in [2.75, 3.05) is 12.3 Å². The van der Waals surface area contributed by atoms with E-state index in [-0.39, 0.29) is 6.10 Å². The highest BCUT2D eigenvalue weighted by Crippen LogP contribution is 2.20. The van der Waals surface area contributed by atoms with Gasteiger partial charge in [0.15, 0.2) is 0 Å². The quantitative estimate of drug-likeness (QED) is 0.841. The zero-order chi connectivity index (χ0) is 13.0. The van der Waals surface area contributed by atoms with Gasteiger partial charge in [-0.05, 0) is 31.5 Å². The van der Waals surface area contributed by atoms with E-state index >= 15 is 0 Å². The van der Waals surface area contributed by atoms with Crippen molar-refractivity contribution in [3.8, 4) is 0 Å². The van der Waals surface area contributed by atoms with Crippen LogP contribution in [0.15, 0.2) is 29.8 Å². The van der Waals surface area contributed by atoms with Crippen LogP contribution in [0, 0.1) is 6.92 Å². The number of hydrogen-bond acceptors (Lipinski definition) is 4. The number of nitrogen functional groups attached to an aromatic ring is 1. The molecule has 96 valence electrons. The van der Waals surface area contributed by atoms with Gasteiger partial charge < -0.3 is 10.5 Å². The van der Waals surface area contributed by atoms with Gasteiger partial charge in [-0.1, -0.05) is 12.1 Å². The molecule has 0 radical (unpaired) electrons. The molecule has 0 amide bonds. The summed E-state index contributed by atoms with van der Waals surface area (Å²) in [4.78, 5) is 5.53. The largest absolute Gasteiger partial charge is 0.399 e. The molecule has 1 heterocycles. The fourth-order valence-electron chi connectivity index (χ4n) is 1.80. The number of ether oxygens (including phenoxy) is 1. The van der Waals surface area contributed by atoms with Gasteiger partial charge in [-0.3, -0.25) is 0 Å². The number of benzene rings is 1. The van der Waals surface area contributed by atoms with Crippen LogP contribution < -0.4 is 5.73 Å². The van der Waals surface area contributed by atoms with Gasteiger partial charge in [-0.15, -0.1) is 11.3 Å². The van der Waals surface area contributed by atoms with Crippen molar-refractivity contribution in [3.63, 3.8) is 0 Å². The summed E-state index contributed by atoms with van der Waals surface area (Å²) < 4.78 is 5.83. The van der Waals surface area contributed by atoms with E-state index in [1.165, 1.54) is 4.88 Å². The normalized spacial score (nSPS) is 12.6. The Morgan fingerprint density at radius 1 is 1.44 bits per heavy atom. The monoisotopic (exact) mass is 262 g/mol. The van der Waals surface area contributed by atoms with Gasteiger partial charge in [0.05, 0.1) is 23.9 Å². The predicted molar refractivity (Wildman–Crippen MR) is 75.8 cm³/mol. The van der Waals surface area contributed by atoms with Gasteiger partial charge in [-0.25, -0.2) is 4.98 Å². The maximum Gasteiger partial charge on any atom is 0.0797 e. The molecular formula is C14H18N2OS. The van der Waals surface area contributed by atoms with E-state index in [4.69, 9.17) is 10.5 Å². The molecule has 1 unspecified atom stereocenters. The fraction of sp³-hybridized carbons (Fsp3) is 0.357. The first-order valence-corrected chi connectivity index (χ1v) is 6.91.